The highest BCUT2D eigenvalue weighted by Gasteiger charge is 2.39. The molecular formula is C40H72O8. The Morgan fingerprint density at radius 1 is 0.792 bits per heavy atom. The molecule has 0 aromatic carbocycles. The van der Waals surface area contributed by atoms with E-state index < -0.39 is 30.9 Å². The smallest absolute Gasteiger partial charge is 0.306 e. The van der Waals surface area contributed by atoms with E-state index in [0.717, 1.165) is 70.1 Å². The van der Waals surface area contributed by atoms with Gasteiger partial charge in [0.15, 0.2) is 6.10 Å². The first-order chi connectivity index (χ1) is 23.2. The van der Waals surface area contributed by atoms with Crippen molar-refractivity contribution in [2.24, 2.45) is 17.8 Å². The molecular weight excluding hydrogens is 608 g/mol. The second-order valence-corrected chi connectivity index (χ2v) is 14.6. The first-order valence-corrected chi connectivity index (χ1v) is 19.7. The summed E-state index contributed by atoms with van der Waals surface area (Å²) in [4.78, 5) is 36.8. The lowest BCUT2D eigenvalue weighted by atomic mass is 9.88. The summed E-state index contributed by atoms with van der Waals surface area (Å²) < 4.78 is 10.6. The predicted octanol–water partition coefficient (Wildman–Crippen LogP) is 8.57. The van der Waals surface area contributed by atoms with E-state index >= 15 is 0 Å². The lowest BCUT2D eigenvalue weighted by Gasteiger charge is -2.19. The van der Waals surface area contributed by atoms with Crippen molar-refractivity contribution < 1.29 is 39.2 Å². The lowest BCUT2D eigenvalue weighted by Crippen LogP contribution is -2.28. The maximum atomic E-state index is 12.4. The predicted molar refractivity (Wildman–Crippen MR) is 192 cm³/mol. The maximum Gasteiger partial charge on any atom is 0.306 e. The van der Waals surface area contributed by atoms with Gasteiger partial charge in [0, 0.05) is 25.2 Å². The molecule has 0 radical (unpaired) electrons. The fourth-order valence-electron chi connectivity index (χ4n) is 6.58. The Morgan fingerprint density at radius 2 is 1.33 bits per heavy atom. The van der Waals surface area contributed by atoms with Crippen molar-refractivity contribution >= 4 is 17.7 Å². The minimum absolute atomic E-state index is 0.0331. The summed E-state index contributed by atoms with van der Waals surface area (Å²) in [6.45, 7) is 6.17. The summed E-state index contributed by atoms with van der Waals surface area (Å²) in [6, 6.07) is 0. The van der Waals surface area contributed by atoms with Gasteiger partial charge in [0.05, 0.1) is 18.8 Å². The molecule has 1 rings (SSSR count). The van der Waals surface area contributed by atoms with Crippen LogP contribution in [-0.2, 0) is 23.9 Å². The van der Waals surface area contributed by atoms with Crippen LogP contribution in [0.1, 0.15) is 175 Å². The second kappa shape index (κ2) is 29.0. The SMILES string of the molecule is CCCCC[C@H](O)/C=C/[C@H]1C(=O)C[C@H](O)[C@@H]1CCCCCCC(=O)O[C@@H](CO)COC(=O)CCCCCCCCCCCCCC(C)C. The summed E-state index contributed by atoms with van der Waals surface area (Å²) in [5.74, 6) is -0.376. The highest BCUT2D eigenvalue weighted by molar-refractivity contribution is 5.86. The summed E-state index contributed by atoms with van der Waals surface area (Å²) in [6.07, 6.45) is 24.6. The van der Waals surface area contributed by atoms with Gasteiger partial charge in [0.1, 0.15) is 12.4 Å². The molecule has 0 saturated heterocycles. The van der Waals surface area contributed by atoms with Crippen LogP contribution in [0.5, 0.6) is 0 Å². The average Bonchev–Trinajstić information content (AvgIpc) is 3.32. The first kappa shape index (κ1) is 44.3. The minimum Gasteiger partial charge on any atom is -0.462 e. The van der Waals surface area contributed by atoms with Gasteiger partial charge >= 0.3 is 11.9 Å². The van der Waals surface area contributed by atoms with Crippen LogP contribution in [0, 0.1) is 17.8 Å². The van der Waals surface area contributed by atoms with Crippen molar-refractivity contribution in [2.45, 2.75) is 193 Å². The molecule has 0 bridgehead atoms. The number of hydrogen-bond donors (Lipinski definition) is 3. The van der Waals surface area contributed by atoms with Crippen molar-refractivity contribution in [3.8, 4) is 0 Å². The quantitative estimate of drug-likeness (QED) is 0.0377. The second-order valence-electron chi connectivity index (χ2n) is 14.6. The minimum atomic E-state index is -0.854. The van der Waals surface area contributed by atoms with Gasteiger partial charge in [-0.05, 0) is 37.5 Å². The Kier molecular flexibility index (Phi) is 26.7. The molecule has 3 N–H and O–H groups in total. The number of aliphatic hydroxyl groups is 3. The van der Waals surface area contributed by atoms with E-state index in [0.29, 0.717) is 19.3 Å². The van der Waals surface area contributed by atoms with Crippen molar-refractivity contribution in [1.82, 2.24) is 0 Å². The third-order valence-electron chi connectivity index (χ3n) is 9.64. The largest absolute Gasteiger partial charge is 0.462 e. The molecule has 0 amide bonds. The summed E-state index contributed by atoms with van der Waals surface area (Å²) in [5, 5.41) is 30.2. The number of allylic oxidation sites excluding steroid dienone is 1. The summed E-state index contributed by atoms with van der Waals surface area (Å²) in [5.41, 5.74) is 0. The number of Topliss-reactive ketones (excluding diaryl/α,β-unsaturated/α-hetero) is 1. The molecule has 0 aromatic heterocycles. The van der Waals surface area contributed by atoms with Gasteiger partial charge in [0.2, 0.25) is 0 Å². The van der Waals surface area contributed by atoms with Crippen LogP contribution < -0.4 is 0 Å². The monoisotopic (exact) mass is 681 g/mol. The molecule has 0 spiro atoms. The zero-order valence-corrected chi connectivity index (χ0v) is 30.9. The van der Waals surface area contributed by atoms with Crippen molar-refractivity contribution in [1.29, 1.82) is 0 Å². The lowest BCUT2D eigenvalue weighted by molar-refractivity contribution is -0.161. The summed E-state index contributed by atoms with van der Waals surface area (Å²) in [7, 11) is 0. The third kappa shape index (κ3) is 22.8. The molecule has 0 aliphatic heterocycles. The van der Waals surface area contributed by atoms with Crippen LogP contribution >= 0.6 is 0 Å². The molecule has 1 aliphatic carbocycles. The van der Waals surface area contributed by atoms with E-state index in [1.54, 1.807) is 12.2 Å². The van der Waals surface area contributed by atoms with E-state index in [1.807, 2.05) is 0 Å². The van der Waals surface area contributed by atoms with Gasteiger partial charge in [-0.25, -0.2) is 0 Å². The standard InChI is InChI=1S/C40H72O8/c1-4-5-17-23-33(42)27-28-36-35(37(43)29-38(36)44)24-19-15-16-21-26-40(46)48-34(30-41)31-47-39(45)25-20-14-12-10-8-6-7-9-11-13-18-22-32(2)3/h27-28,32-37,41-43H,4-26,29-31H2,1-3H3/b28-27+/t33-,34-,35+,36+,37-/m0/s1. The highest BCUT2D eigenvalue weighted by atomic mass is 16.6. The van der Waals surface area contributed by atoms with Crippen LogP contribution in [0.4, 0.5) is 0 Å². The number of rotatable bonds is 31. The van der Waals surface area contributed by atoms with Crippen LogP contribution in [-0.4, -0.2) is 64.6 Å². The van der Waals surface area contributed by atoms with E-state index in [1.165, 1.54) is 57.8 Å². The molecule has 48 heavy (non-hydrogen) atoms. The molecule has 1 fully saturated rings. The number of hydrogen-bond acceptors (Lipinski definition) is 8. The highest BCUT2D eigenvalue weighted by Crippen LogP contribution is 2.34. The van der Waals surface area contributed by atoms with Gasteiger partial charge in [-0.15, -0.1) is 0 Å². The summed E-state index contributed by atoms with van der Waals surface area (Å²) >= 11 is 0. The number of esters is 2. The van der Waals surface area contributed by atoms with Gasteiger partial charge in [-0.2, -0.15) is 0 Å². The van der Waals surface area contributed by atoms with Crippen LogP contribution in [0.2, 0.25) is 0 Å². The number of unbranched alkanes of at least 4 members (excludes halogenated alkanes) is 15. The molecule has 0 heterocycles. The zero-order valence-electron chi connectivity index (χ0n) is 30.9. The Bertz CT molecular complexity index is 856. The fourth-order valence-corrected chi connectivity index (χ4v) is 6.58. The van der Waals surface area contributed by atoms with Crippen LogP contribution in [0.25, 0.3) is 0 Å². The number of aliphatic hydroxyl groups excluding tert-OH is 3. The molecule has 1 aliphatic rings. The van der Waals surface area contributed by atoms with Crippen molar-refractivity contribution in [3.05, 3.63) is 12.2 Å². The first-order valence-electron chi connectivity index (χ1n) is 19.7. The van der Waals surface area contributed by atoms with E-state index in [9.17, 15) is 29.7 Å². The molecule has 280 valence electrons. The molecule has 0 unspecified atom stereocenters. The van der Waals surface area contributed by atoms with Gasteiger partial charge < -0.3 is 24.8 Å². The van der Waals surface area contributed by atoms with Crippen LogP contribution in [0.3, 0.4) is 0 Å². The molecule has 8 heteroatoms. The number of carbonyl (C=O) groups is 3. The van der Waals surface area contributed by atoms with Crippen molar-refractivity contribution in [2.75, 3.05) is 13.2 Å². The van der Waals surface area contributed by atoms with Crippen molar-refractivity contribution in [3.63, 3.8) is 0 Å². The normalized spacial score (nSPS) is 19.3. The average molecular weight is 681 g/mol. The number of ether oxygens (including phenoxy) is 2. The van der Waals surface area contributed by atoms with E-state index in [4.69, 9.17) is 9.47 Å². The molecule has 0 aromatic rings. The zero-order chi connectivity index (χ0) is 35.4. The van der Waals surface area contributed by atoms with Crippen LogP contribution in [0.15, 0.2) is 12.2 Å². The molecule has 1 saturated carbocycles. The van der Waals surface area contributed by atoms with E-state index in [2.05, 4.69) is 20.8 Å². The Hall–Kier alpha value is -1.77. The van der Waals surface area contributed by atoms with Gasteiger partial charge in [-0.1, -0.05) is 142 Å². The topological polar surface area (TPSA) is 130 Å². The molecule has 8 nitrogen and oxygen atoms in total. The van der Waals surface area contributed by atoms with Gasteiger partial charge in [-0.3, -0.25) is 14.4 Å². The number of carbonyl (C=O) groups excluding carboxylic acids is 3. The Morgan fingerprint density at radius 3 is 1.92 bits per heavy atom. The Balaban J connectivity index is 2.09. The van der Waals surface area contributed by atoms with E-state index in [-0.39, 0.29) is 43.0 Å². The Labute approximate surface area is 292 Å². The molecule has 5 atom stereocenters. The third-order valence-corrected chi connectivity index (χ3v) is 9.64. The number of ketones is 1. The maximum absolute atomic E-state index is 12.4. The van der Waals surface area contributed by atoms with Gasteiger partial charge in [0.25, 0.3) is 0 Å². The fraction of sp³-hybridized carbons (Fsp3) is 0.875.